The van der Waals surface area contributed by atoms with E-state index >= 15 is 0 Å². The molecule has 0 radical (unpaired) electrons. The smallest absolute Gasteiger partial charge is 0.146 e. The molecule has 2 aliphatic rings. The molecule has 1 aliphatic heterocycles. The van der Waals surface area contributed by atoms with Crippen molar-refractivity contribution in [2.45, 2.75) is 64.5 Å². The summed E-state index contributed by atoms with van der Waals surface area (Å²) >= 11 is 0. The number of aryl methyl sites for hydroxylation is 1. The first-order valence-corrected chi connectivity index (χ1v) is 11.0. The Morgan fingerprint density at radius 1 is 1.21 bits per heavy atom. The molecule has 1 atom stereocenters. The predicted octanol–water partition coefficient (Wildman–Crippen LogP) is 4.62. The molecule has 2 heterocycles. The normalized spacial score (nSPS) is 24.2. The highest BCUT2D eigenvalue weighted by Gasteiger charge is 2.19. The topological polar surface area (TPSA) is 56.3 Å². The van der Waals surface area contributed by atoms with E-state index in [1.807, 2.05) is 31.3 Å². The van der Waals surface area contributed by atoms with Crippen molar-refractivity contribution in [1.29, 1.82) is 0 Å². The molecule has 0 bridgehead atoms. The Labute approximate surface area is 173 Å². The van der Waals surface area contributed by atoms with E-state index in [-0.39, 0.29) is 12.8 Å². The summed E-state index contributed by atoms with van der Waals surface area (Å²) in [5, 5.41) is 4.25. The maximum atomic E-state index is 11.8. The first-order valence-electron chi connectivity index (χ1n) is 11.0. The summed E-state index contributed by atoms with van der Waals surface area (Å²) in [6, 6.07) is 6.51. The van der Waals surface area contributed by atoms with Crippen LogP contribution in [0.2, 0.25) is 0 Å². The van der Waals surface area contributed by atoms with Crippen molar-refractivity contribution >= 4 is 10.9 Å². The summed E-state index contributed by atoms with van der Waals surface area (Å²) in [7, 11) is 0. The Hall–Kier alpha value is -1.79. The summed E-state index contributed by atoms with van der Waals surface area (Å²) in [6.45, 7) is 5.91. The van der Waals surface area contributed by atoms with E-state index < -0.39 is 0 Å². The molecule has 5 nitrogen and oxygen atoms in total. The molecule has 1 saturated carbocycles. The van der Waals surface area contributed by atoms with Crippen LogP contribution in [0.5, 0.6) is 5.75 Å². The Kier molecular flexibility index (Phi) is 8.62. The molecular weight excluding hydrogens is 369 g/mol. The van der Waals surface area contributed by atoms with Gasteiger partial charge in [-0.25, -0.2) is 14.4 Å². The highest BCUT2D eigenvalue weighted by Crippen LogP contribution is 2.26. The molecule has 1 saturated heterocycles. The fourth-order valence-corrected chi connectivity index (χ4v) is 4.03. The quantitative estimate of drug-likeness (QED) is 0.763. The van der Waals surface area contributed by atoms with E-state index in [9.17, 15) is 4.39 Å². The standard InChI is InChI=1S/C13H14N2O2.C10H20FN/c1-9-14-7-10-3-2-4-12(13(10)15-9)17-11-5-6-16-8-11;1-2-9-3-5-10(6-4-9)12-8-7-11/h2-4,7,11H,5-6,8H2,1H3;9-10,12H,2-8H2,1H3. The van der Waals surface area contributed by atoms with Crippen LogP contribution in [0.3, 0.4) is 0 Å². The largest absolute Gasteiger partial charge is 0.486 e. The Bertz CT molecular complexity index is 744. The molecule has 160 valence electrons. The van der Waals surface area contributed by atoms with Gasteiger partial charge in [-0.1, -0.05) is 25.5 Å². The SMILES string of the molecule is CCC1CCC(NCCF)CC1.Cc1ncc2cccc(OC3CCOC3)c2n1. The minimum Gasteiger partial charge on any atom is -0.486 e. The number of rotatable bonds is 6. The number of benzene rings is 1. The van der Waals surface area contributed by atoms with Gasteiger partial charge in [0, 0.05) is 30.6 Å². The minimum atomic E-state index is -0.228. The van der Waals surface area contributed by atoms with E-state index in [1.165, 1.54) is 32.1 Å². The number of para-hydroxylation sites is 1. The molecule has 1 unspecified atom stereocenters. The molecule has 2 fully saturated rings. The highest BCUT2D eigenvalue weighted by atomic mass is 19.1. The highest BCUT2D eigenvalue weighted by molar-refractivity contribution is 5.83. The summed E-state index contributed by atoms with van der Waals surface area (Å²) in [5.74, 6) is 2.52. The molecule has 0 amide bonds. The summed E-state index contributed by atoms with van der Waals surface area (Å²) in [6.07, 6.45) is 9.40. The van der Waals surface area contributed by atoms with Crippen LogP contribution in [0, 0.1) is 12.8 Å². The molecule has 0 spiro atoms. The van der Waals surface area contributed by atoms with Gasteiger partial charge in [0.1, 0.15) is 29.9 Å². The zero-order valence-electron chi connectivity index (χ0n) is 17.7. The second-order valence-electron chi connectivity index (χ2n) is 7.98. The number of hydrogen-bond donors (Lipinski definition) is 1. The number of nitrogens with one attached hydrogen (secondary N) is 1. The van der Waals surface area contributed by atoms with Crippen molar-refractivity contribution in [3.8, 4) is 5.75 Å². The number of fused-ring (bicyclic) bond motifs is 1. The van der Waals surface area contributed by atoms with Gasteiger partial charge in [0.25, 0.3) is 0 Å². The number of halogens is 1. The van der Waals surface area contributed by atoms with Gasteiger partial charge in [0.15, 0.2) is 0 Å². The fraction of sp³-hybridized carbons (Fsp3) is 0.652. The number of nitrogens with zero attached hydrogens (tertiary/aromatic N) is 2. The maximum absolute atomic E-state index is 11.8. The lowest BCUT2D eigenvalue weighted by atomic mass is 9.84. The molecule has 4 rings (SSSR count). The lowest BCUT2D eigenvalue weighted by molar-refractivity contribution is 0.142. The van der Waals surface area contributed by atoms with Crippen LogP contribution < -0.4 is 10.1 Å². The maximum Gasteiger partial charge on any atom is 0.146 e. The van der Waals surface area contributed by atoms with E-state index in [0.717, 1.165) is 41.4 Å². The third-order valence-corrected chi connectivity index (χ3v) is 5.83. The zero-order chi connectivity index (χ0) is 20.5. The Morgan fingerprint density at radius 3 is 2.72 bits per heavy atom. The Balaban J connectivity index is 0.000000177. The average molecular weight is 404 g/mol. The molecule has 1 N–H and O–H groups in total. The van der Waals surface area contributed by atoms with Gasteiger partial charge >= 0.3 is 0 Å². The van der Waals surface area contributed by atoms with Crippen LogP contribution in [-0.2, 0) is 4.74 Å². The van der Waals surface area contributed by atoms with Crippen LogP contribution >= 0.6 is 0 Å². The summed E-state index contributed by atoms with van der Waals surface area (Å²) in [5.41, 5.74) is 0.881. The van der Waals surface area contributed by atoms with Crippen molar-refractivity contribution in [3.63, 3.8) is 0 Å². The van der Waals surface area contributed by atoms with Crippen molar-refractivity contribution < 1.29 is 13.9 Å². The number of hydrogen-bond acceptors (Lipinski definition) is 5. The minimum absolute atomic E-state index is 0.149. The van der Waals surface area contributed by atoms with E-state index in [1.54, 1.807) is 0 Å². The van der Waals surface area contributed by atoms with Gasteiger partial charge in [-0.2, -0.15) is 0 Å². The monoisotopic (exact) mass is 403 g/mol. The van der Waals surface area contributed by atoms with Crippen molar-refractivity contribution in [2.75, 3.05) is 26.4 Å². The van der Waals surface area contributed by atoms with Gasteiger partial charge in [-0.15, -0.1) is 0 Å². The summed E-state index contributed by atoms with van der Waals surface area (Å²) in [4.78, 5) is 8.63. The predicted molar refractivity (Wildman–Crippen MR) is 114 cm³/mol. The van der Waals surface area contributed by atoms with Gasteiger partial charge in [-0.05, 0) is 44.6 Å². The summed E-state index contributed by atoms with van der Waals surface area (Å²) < 4.78 is 23.1. The van der Waals surface area contributed by atoms with Crippen LogP contribution in [0.4, 0.5) is 4.39 Å². The van der Waals surface area contributed by atoms with Crippen LogP contribution in [0.1, 0.15) is 51.3 Å². The van der Waals surface area contributed by atoms with Gasteiger partial charge in [-0.3, -0.25) is 0 Å². The molecule has 1 aromatic heterocycles. The molecule has 29 heavy (non-hydrogen) atoms. The second-order valence-corrected chi connectivity index (χ2v) is 7.98. The first kappa shape index (κ1) is 21.9. The Morgan fingerprint density at radius 2 is 2.03 bits per heavy atom. The molecular formula is C23H34FN3O2. The zero-order valence-corrected chi connectivity index (χ0v) is 17.7. The first-order chi connectivity index (χ1) is 14.2. The lowest BCUT2D eigenvalue weighted by Crippen LogP contribution is -2.34. The average Bonchev–Trinajstić information content (AvgIpc) is 3.27. The molecule has 1 aliphatic carbocycles. The molecule has 6 heteroatoms. The van der Waals surface area contributed by atoms with Crippen LogP contribution in [0.25, 0.3) is 10.9 Å². The van der Waals surface area contributed by atoms with E-state index in [0.29, 0.717) is 19.2 Å². The van der Waals surface area contributed by atoms with Crippen molar-refractivity contribution in [1.82, 2.24) is 15.3 Å². The van der Waals surface area contributed by atoms with Crippen LogP contribution in [-0.4, -0.2) is 48.5 Å². The number of alkyl halides is 1. The van der Waals surface area contributed by atoms with Crippen molar-refractivity contribution in [2.24, 2.45) is 5.92 Å². The van der Waals surface area contributed by atoms with Gasteiger partial charge in [0.05, 0.1) is 13.2 Å². The van der Waals surface area contributed by atoms with E-state index in [4.69, 9.17) is 9.47 Å². The third-order valence-electron chi connectivity index (χ3n) is 5.83. The fourth-order valence-electron chi connectivity index (χ4n) is 4.03. The number of aromatic nitrogens is 2. The van der Waals surface area contributed by atoms with E-state index in [2.05, 4.69) is 22.2 Å². The van der Waals surface area contributed by atoms with Crippen LogP contribution in [0.15, 0.2) is 24.4 Å². The van der Waals surface area contributed by atoms with Crippen molar-refractivity contribution in [3.05, 3.63) is 30.2 Å². The molecule has 1 aromatic carbocycles. The third kappa shape index (κ3) is 6.61. The number of ether oxygens (including phenoxy) is 2. The second kappa shape index (κ2) is 11.4. The van der Waals surface area contributed by atoms with Gasteiger partial charge < -0.3 is 14.8 Å². The molecule has 2 aromatic rings. The van der Waals surface area contributed by atoms with Gasteiger partial charge in [0.2, 0.25) is 0 Å². The lowest BCUT2D eigenvalue weighted by Gasteiger charge is -2.28.